The van der Waals surface area contributed by atoms with E-state index in [9.17, 15) is 13.6 Å². The topological polar surface area (TPSA) is 59.6 Å². The van der Waals surface area contributed by atoms with E-state index in [0.29, 0.717) is 19.5 Å². The molecule has 0 bridgehead atoms. The van der Waals surface area contributed by atoms with Crippen LogP contribution in [0.4, 0.5) is 13.6 Å². The Kier molecular flexibility index (Phi) is 7.67. The highest BCUT2D eigenvalue weighted by atomic mass is 19.3. The van der Waals surface area contributed by atoms with Crippen molar-refractivity contribution in [2.24, 2.45) is 0 Å². The van der Waals surface area contributed by atoms with E-state index in [4.69, 9.17) is 4.74 Å². The zero-order chi connectivity index (χ0) is 18.8. The number of alkyl halides is 2. The van der Waals surface area contributed by atoms with Gasteiger partial charge in [-0.25, -0.2) is 4.79 Å². The zero-order valence-corrected chi connectivity index (χ0v) is 14.5. The number of nitrogens with one attached hydrogen (secondary N) is 2. The molecule has 140 valence electrons. The van der Waals surface area contributed by atoms with Crippen molar-refractivity contribution in [2.75, 3.05) is 20.2 Å². The third-order valence-corrected chi connectivity index (χ3v) is 3.71. The first-order valence-corrected chi connectivity index (χ1v) is 8.25. The largest absolute Gasteiger partial charge is 0.497 e. The lowest BCUT2D eigenvalue weighted by Crippen LogP contribution is -2.37. The number of urea groups is 1. The summed E-state index contributed by atoms with van der Waals surface area (Å²) in [7, 11) is 1.62. The Hall–Kier alpha value is -2.83. The lowest BCUT2D eigenvalue weighted by Gasteiger charge is -2.09. The van der Waals surface area contributed by atoms with Gasteiger partial charge >= 0.3 is 12.6 Å². The van der Waals surface area contributed by atoms with Gasteiger partial charge in [0.2, 0.25) is 0 Å². The van der Waals surface area contributed by atoms with Gasteiger partial charge in [-0.3, -0.25) is 0 Å². The highest BCUT2D eigenvalue weighted by Gasteiger charge is 2.04. The molecule has 0 spiro atoms. The summed E-state index contributed by atoms with van der Waals surface area (Å²) in [5.74, 6) is 0.918. The molecule has 0 radical (unpaired) electrons. The van der Waals surface area contributed by atoms with Gasteiger partial charge in [0, 0.05) is 13.1 Å². The third-order valence-electron chi connectivity index (χ3n) is 3.71. The number of hydrogen-bond donors (Lipinski definition) is 2. The lowest BCUT2D eigenvalue weighted by molar-refractivity contribution is -0.0498. The van der Waals surface area contributed by atoms with Crippen molar-refractivity contribution in [1.29, 1.82) is 0 Å². The summed E-state index contributed by atoms with van der Waals surface area (Å²) in [6, 6.07) is 13.8. The maximum atomic E-state index is 12.1. The van der Waals surface area contributed by atoms with Gasteiger partial charge in [0.25, 0.3) is 0 Å². The Morgan fingerprint density at radius 2 is 1.35 bits per heavy atom. The molecule has 0 aliphatic rings. The highest BCUT2D eigenvalue weighted by Crippen LogP contribution is 2.15. The molecule has 2 amide bonds. The fraction of sp³-hybridized carbons (Fsp3) is 0.316. The maximum Gasteiger partial charge on any atom is 0.387 e. The average Bonchev–Trinajstić information content (AvgIpc) is 2.63. The highest BCUT2D eigenvalue weighted by molar-refractivity contribution is 5.73. The Labute approximate surface area is 151 Å². The Morgan fingerprint density at radius 1 is 0.885 bits per heavy atom. The predicted molar refractivity (Wildman–Crippen MR) is 94.9 cm³/mol. The molecule has 0 aliphatic carbocycles. The van der Waals surface area contributed by atoms with Gasteiger partial charge in [-0.15, -0.1) is 0 Å². The molecule has 2 N–H and O–H groups in total. The van der Waals surface area contributed by atoms with Crippen molar-refractivity contribution >= 4 is 6.03 Å². The summed E-state index contributed by atoms with van der Waals surface area (Å²) in [4.78, 5) is 11.8. The lowest BCUT2D eigenvalue weighted by atomic mass is 10.1. The van der Waals surface area contributed by atoms with Crippen molar-refractivity contribution in [3.8, 4) is 11.5 Å². The van der Waals surface area contributed by atoms with Crippen molar-refractivity contribution in [2.45, 2.75) is 19.5 Å². The van der Waals surface area contributed by atoms with Crippen LogP contribution in [0.3, 0.4) is 0 Å². The van der Waals surface area contributed by atoms with Crippen LogP contribution in [0.5, 0.6) is 11.5 Å². The van der Waals surface area contributed by atoms with Gasteiger partial charge in [-0.2, -0.15) is 8.78 Å². The standard InChI is InChI=1S/C19H22F2N2O3/c1-25-16-6-2-14(3-7-16)10-12-22-19(24)23-13-11-15-4-8-17(9-5-15)26-18(20)21/h2-9,18H,10-13H2,1H3,(H2,22,23,24). The maximum absolute atomic E-state index is 12.1. The van der Waals surface area contributed by atoms with E-state index in [-0.39, 0.29) is 11.8 Å². The first-order valence-electron chi connectivity index (χ1n) is 8.25. The number of hydrogen-bond acceptors (Lipinski definition) is 3. The minimum absolute atomic E-state index is 0.119. The molecule has 0 heterocycles. The molecule has 0 atom stereocenters. The van der Waals surface area contributed by atoms with Crippen molar-refractivity contribution in [3.05, 3.63) is 59.7 Å². The summed E-state index contributed by atoms with van der Waals surface area (Å²) < 4.78 is 33.5. The number of amides is 2. The molecule has 5 nitrogen and oxygen atoms in total. The van der Waals surface area contributed by atoms with E-state index in [1.165, 1.54) is 12.1 Å². The van der Waals surface area contributed by atoms with Crippen molar-refractivity contribution in [3.63, 3.8) is 0 Å². The van der Waals surface area contributed by atoms with E-state index >= 15 is 0 Å². The zero-order valence-electron chi connectivity index (χ0n) is 14.5. The number of benzene rings is 2. The number of carbonyl (C=O) groups excluding carboxylic acids is 1. The van der Waals surface area contributed by atoms with Crippen molar-refractivity contribution < 1.29 is 23.0 Å². The number of halogens is 2. The quantitative estimate of drug-likeness (QED) is 0.717. The molecule has 0 fully saturated rings. The van der Waals surface area contributed by atoms with Crippen LogP contribution in [-0.4, -0.2) is 32.8 Å². The Balaban J connectivity index is 1.62. The number of methoxy groups -OCH3 is 1. The van der Waals surface area contributed by atoms with E-state index in [2.05, 4.69) is 15.4 Å². The van der Waals surface area contributed by atoms with Gasteiger partial charge in [0.05, 0.1) is 7.11 Å². The summed E-state index contributed by atoms with van der Waals surface area (Å²) in [6.07, 6.45) is 1.32. The van der Waals surface area contributed by atoms with Gasteiger partial charge in [-0.1, -0.05) is 24.3 Å². The van der Waals surface area contributed by atoms with Gasteiger partial charge in [0.1, 0.15) is 11.5 Å². The summed E-state index contributed by atoms with van der Waals surface area (Å²) in [5, 5.41) is 5.55. The molecule has 0 aliphatic heterocycles. The second-order valence-electron chi connectivity index (χ2n) is 5.55. The minimum atomic E-state index is -2.83. The summed E-state index contributed by atoms with van der Waals surface area (Å²) >= 11 is 0. The number of ether oxygens (including phenoxy) is 2. The van der Waals surface area contributed by atoms with Gasteiger partial charge in [0.15, 0.2) is 0 Å². The Morgan fingerprint density at radius 3 is 1.77 bits per heavy atom. The van der Waals surface area contributed by atoms with E-state index in [1.807, 2.05) is 24.3 Å². The summed E-state index contributed by atoms with van der Waals surface area (Å²) in [6.45, 7) is -1.86. The average molecular weight is 364 g/mol. The van der Waals surface area contributed by atoms with Crippen LogP contribution < -0.4 is 20.1 Å². The molecule has 0 aromatic heterocycles. The SMILES string of the molecule is COc1ccc(CCNC(=O)NCCc2ccc(OC(F)F)cc2)cc1. The smallest absolute Gasteiger partial charge is 0.387 e. The second kappa shape index (κ2) is 10.2. The van der Waals surface area contributed by atoms with Gasteiger partial charge < -0.3 is 20.1 Å². The molecular weight excluding hydrogens is 342 g/mol. The molecule has 2 rings (SSSR count). The van der Waals surface area contributed by atoms with Crippen LogP contribution in [0.2, 0.25) is 0 Å². The van der Waals surface area contributed by atoms with Crippen LogP contribution in [0.15, 0.2) is 48.5 Å². The predicted octanol–water partition coefficient (Wildman–Crippen LogP) is 3.38. The van der Waals surface area contributed by atoms with E-state index in [1.54, 1.807) is 19.2 Å². The van der Waals surface area contributed by atoms with E-state index < -0.39 is 6.61 Å². The first-order chi connectivity index (χ1) is 12.6. The van der Waals surface area contributed by atoms with Crippen LogP contribution in [0.25, 0.3) is 0 Å². The molecule has 0 saturated carbocycles. The van der Waals surface area contributed by atoms with Gasteiger partial charge in [-0.05, 0) is 48.2 Å². The van der Waals surface area contributed by atoms with Crippen molar-refractivity contribution in [1.82, 2.24) is 10.6 Å². The molecule has 2 aromatic carbocycles. The number of rotatable bonds is 9. The van der Waals surface area contributed by atoms with E-state index in [0.717, 1.165) is 23.3 Å². The number of carbonyl (C=O) groups is 1. The molecule has 2 aromatic rings. The Bertz CT molecular complexity index is 676. The molecule has 26 heavy (non-hydrogen) atoms. The minimum Gasteiger partial charge on any atom is -0.497 e. The molecule has 0 unspecified atom stereocenters. The van der Waals surface area contributed by atoms with Crippen LogP contribution in [-0.2, 0) is 12.8 Å². The van der Waals surface area contributed by atoms with Crippen LogP contribution in [0.1, 0.15) is 11.1 Å². The molecule has 0 saturated heterocycles. The fourth-order valence-corrected chi connectivity index (χ4v) is 2.33. The molecule has 7 heteroatoms. The monoisotopic (exact) mass is 364 g/mol. The second-order valence-corrected chi connectivity index (χ2v) is 5.55. The summed E-state index contributed by atoms with van der Waals surface area (Å²) in [5.41, 5.74) is 2.03. The first kappa shape index (κ1) is 19.5. The fourth-order valence-electron chi connectivity index (χ4n) is 2.33. The van der Waals surface area contributed by atoms with Crippen LogP contribution >= 0.6 is 0 Å². The normalized spacial score (nSPS) is 10.5. The third kappa shape index (κ3) is 6.96. The van der Waals surface area contributed by atoms with Crippen LogP contribution in [0, 0.1) is 0 Å². The molecular formula is C19H22F2N2O3.